The van der Waals surface area contributed by atoms with Crippen molar-refractivity contribution >= 4 is 28.3 Å². The molecule has 1 saturated heterocycles. The van der Waals surface area contributed by atoms with Crippen LogP contribution in [0.25, 0.3) is 22.2 Å². The quantitative estimate of drug-likeness (QED) is 0.430. The minimum atomic E-state index is -0.0155. The Bertz CT molecular complexity index is 1370. The number of benzene rings is 2. The predicted molar refractivity (Wildman–Crippen MR) is 142 cm³/mol. The molecule has 0 bridgehead atoms. The van der Waals surface area contributed by atoms with E-state index in [0.717, 1.165) is 77.6 Å². The highest BCUT2D eigenvalue weighted by molar-refractivity contribution is 5.96. The molecule has 2 aromatic heterocycles. The van der Waals surface area contributed by atoms with Gasteiger partial charge >= 0.3 is 0 Å². The summed E-state index contributed by atoms with van der Waals surface area (Å²) < 4.78 is 5.18. The molecule has 8 nitrogen and oxygen atoms in total. The third-order valence-electron chi connectivity index (χ3n) is 7.35. The number of aromatic nitrogens is 3. The number of carbonyl (C=O) groups excluding carboxylic acids is 1. The van der Waals surface area contributed by atoms with Gasteiger partial charge in [0.1, 0.15) is 17.3 Å². The van der Waals surface area contributed by atoms with Gasteiger partial charge in [-0.05, 0) is 67.4 Å². The number of hydrogen-bond acceptors (Lipinski definition) is 6. The fourth-order valence-corrected chi connectivity index (χ4v) is 5.00. The lowest BCUT2D eigenvalue weighted by Gasteiger charge is -2.33. The first kappa shape index (κ1) is 22.5. The highest BCUT2D eigenvalue weighted by Gasteiger charge is 2.44. The van der Waals surface area contributed by atoms with Gasteiger partial charge in [0.15, 0.2) is 0 Å². The van der Waals surface area contributed by atoms with Gasteiger partial charge in [-0.15, -0.1) is 0 Å². The Morgan fingerprint density at radius 3 is 2.58 bits per heavy atom. The molecule has 6 rings (SSSR count). The highest BCUT2D eigenvalue weighted by atomic mass is 16.5. The second-order valence-electron chi connectivity index (χ2n) is 9.74. The Morgan fingerprint density at radius 2 is 1.86 bits per heavy atom. The van der Waals surface area contributed by atoms with Gasteiger partial charge < -0.3 is 19.9 Å². The fourth-order valence-electron chi connectivity index (χ4n) is 5.00. The fraction of sp³-hybridized carbons (Fsp3) is 0.321. The van der Waals surface area contributed by atoms with E-state index in [9.17, 15) is 4.79 Å². The molecule has 0 radical (unpaired) electrons. The molecule has 2 atom stereocenters. The molecule has 3 heterocycles. The number of methoxy groups -OCH3 is 1. The van der Waals surface area contributed by atoms with Crippen LogP contribution >= 0.6 is 0 Å². The minimum absolute atomic E-state index is 0.0155. The van der Waals surface area contributed by atoms with Crippen molar-refractivity contribution in [3.8, 4) is 17.0 Å². The maximum atomic E-state index is 12.7. The Balaban J connectivity index is 1.13. The smallest absolute Gasteiger partial charge is 0.228 e. The number of carbonyl (C=O) groups is 1. The van der Waals surface area contributed by atoms with Crippen molar-refractivity contribution in [2.45, 2.75) is 12.3 Å². The van der Waals surface area contributed by atoms with E-state index in [4.69, 9.17) is 9.72 Å². The molecule has 36 heavy (non-hydrogen) atoms. The van der Waals surface area contributed by atoms with Gasteiger partial charge in [-0.3, -0.25) is 9.89 Å². The monoisotopic (exact) mass is 482 g/mol. The molecule has 1 aliphatic heterocycles. The summed E-state index contributed by atoms with van der Waals surface area (Å²) in [6, 6.07) is 18.0. The average molecular weight is 483 g/mol. The molecule has 1 amide bonds. The van der Waals surface area contributed by atoms with Gasteiger partial charge in [0, 0.05) is 54.9 Å². The van der Waals surface area contributed by atoms with Gasteiger partial charge in [0.25, 0.3) is 0 Å². The van der Waals surface area contributed by atoms with E-state index in [1.807, 2.05) is 30.5 Å². The molecule has 0 spiro atoms. The predicted octanol–water partition coefficient (Wildman–Crippen LogP) is 4.13. The molecule has 8 heteroatoms. The summed E-state index contributed by atoms with van der Waals surface area (Å²) in [6.45, 7) is 4.11. The van der Waals surface area contributed by atoms with Gasteiger partial charge in [-0.2, -0.15) is 5.10 Å². The van der Waals surface area contributed by atoms with Gasteiger partial charge in [-0.1, -0.05) is 12.1 Å². The first-order valence-corrected chi connectivity index (χ1v) is 12.4. The second-order valence-corrected chi connectivity index (χ2v) is 9.74. The van der Waals surface area contributed by atoms with Crippen LogP contribution in [-0.2, 0) is 4.79 Å². The van der Waals surface area contributed by atoms with Crippen LogP contribution in [0.1, 0.15) is 17.9 Å². The van der Waals surface area contributed by atoms with Crippen molar-refractivity contribution in [1.82, 2.24) is 20.1 Å². The second kappa shape index (κ2) is 9.28. The van der Waals surface area contributed by atoms with Crippen molar-refractivity contribution < 1.29 is 9.53 Å². The van der Waals surface area contributed by atoms with E-state index in [0.29, 0.717) is 0 Å². The molecule has 184 valence electrons. The number of nitrogens with one attached hydrogen (secondary N) is 2. The Hall–Kier alpha value is -3.91. The summed E-state index contributed by atoms with van der Waals surface area (Å²) in [7, 11) is 3.78. The number of nitrogens with zero attached hydrogens (tertiary/aromatic N) is 4. The number of H-pyrrole nitrogens is 1. The summed E-state index contributed by atoms with van der Waals surface area (Å²) in [5.41, 5.74) is 4.82. The van der Waals surface area contributed by atoms with Crippen LogP contribution in [0.4, 0.5) is 11.5 Å². The van der Waals surface area contributed by atoms with E-state index >= 15 is 0 Å². The molecule has 2 fully saturated rings. The van der Waals surface area contributed by atoms with E-state index in [1.54, 1.807) is 7.11 Å². The van der Waals surface area contributed by atoms with Crippen LogP contribution in [-0.4, -0.2) is 66.3 Å². The molecule has 2 aromatic carbocycles. The Morgan fingerprint density at radius 1 is 1.06 bits per heavy atom. The third-order valence-corrected chi connectivity index (χ3v) is 7.35. The lowest BCUT2D eigenvalue weighted by atomic mass is 10.0. The van der Waals surface area contributed by atoms with Crippen LogP contribution in [0, 0.1) is 5.92 Å². The minimum Gasteiger partial charge on any atom is -0.497 e. The Kier molecular flexibility index (Phi) is 5.81. The lowest BCUT2D eigenvalue weighted by Crippen LogP contribution is -2.44. The molecular weight excluding hydrogens is 452 g/mol. The van der Waals surface area contributed by atoms with Crippen molar-refractivity contribution in [1.29, 1.82) is 0 Å². The topological polar surface area (TPSA) is 86.4 Å². The summed E-state index contributed by atoms with van der Waals surface area (Å²) in [6.07, 6.45) is 2.77. The number of fused-ring (bicyclic) bond motifs is 1. The zero-order valence-electron chi connectivity index (χ0n) is 20.6. The zero-order chi connectivity index (χ0) is 24.6. The summed E-state index contributed by atoms with van der Waals surface area (Å²) in [4.78, 5) is 22.1. The molecule has 1 saturated carbocycles. The van der Waals surface area contributed by atoms with E-state index < -0.39 is 0 Å². The van der Waals surface area contributed by atoms with Crippen LogP contribution in [0.2, 0.25) is 0 Å². The Labute approximate surface area is 210 Å². The number of anilines is 2. The van der Waals surface area contributed by atoms with Gasteiger partial charge in [0.05, 0.1) is 12.6 Å². The highest BCUT2D eigenvalue weighted by Crippen LogP contribution is 2.48. The van der Waals surface area contributed by atoms with Crippen molar-refractivity contribution in [3.63, 3.8) is 0 Å². The molecule has 2 N–H and O–H groups in total. The first-order valence-electron chi connectivity index (χ1n) is 12.4. The molecule has 4 aromatic rings. The van der Waals surface area contributed by atoms with Crippen LogP contribution in [0.15, 0.2) is 60.8 Å². The summed E-state index contributed by atoms with van der Waals surface area (Å²) in [5.74, 6) is 2.05. The van der Waals surface area contributed by atoms with E-state index in [-0.39, 0.29) is 17.7 Å². The average Bonchev–Trinajstić information content (AvgIpc) is 3.62. The number of hydrogen-bond donors (Lipinski definition) is 2. The number of likely N-dealkylation sites (N-methyl/N-ethyl adjacent to an activating group) is 1. The van der Waals surface area contributed by atoms with Gasteiger partial charge in [-0.25, -0.2) is 4.98 Å². The van der Waals surface area contributed by atoms with E-state index in [1.165, 1.54) is 0 Å². The summed E-state index contributed by atoms with van der Waals surface area (Å²) in [5, 5.41) is 11.9. The lowest BCUT2D eigenvalue weighted by molar-refractivity contribution is -0.117. The number of rotatable bonds is 6. The SMILES string of the molecule is COc1ccc(NC(=O)[C@@H]2C[C@@H]2c2ccc3c(-c4ccc(N5CCN(C)CC5)nc4)n[nH]c3c2)cc1. The molecule has 1 aliphatic carbocycles. The maximum absolute atomic E-state index is 12.7. The zero-order valence-corrected chi connectivity index (χ0v) is 20.6. The molecule has 2 aliphatic rings. The van der Waals surface area contributed by atoms with Gasteiger partial charge in [0.2, 0.25) is 5.91 Å². The number of ether oxygens (including phenoxy) is 1. The number of amides is 1. The molecular formula is C28H30N6O2. The standard InChI is InChI=1S/C28H30N6O2/c1-33-11-13-34(14-12-33)26-10-4-19(17-29-26)27-22-9-3-18(15-25(22)31-32-27)23-16-24(23)28(35)30-20-5-7-21(36-2)8-6-20/h3-10,15,17,23-24H,11-14,16H2,1-2H3,(H,30,35)(H,31,32)/t23-,24-/m1/s1. The van der Waals surface area contributed by atoms with Crippen molar-refractivity contribution in [2.24, 2.45) is 5.92 Å². The van der Waals surface area contributed by atoms with Crippen LogP contribution in [0.3, 0.4) is 0 Å². The van der Waals surface area contributed by atoms with Crippen LogP contribution in [0.5, 0.6) is 5.75 Å². The normalized spacial score (nSPS) is 19.9. The molecule has 0 unspecified atom stereocenters. The van der Waals surface area contributed by atoms with Crippen molar-refractivity contribution in [2.75, 3.05) is 50.6 Å². The largest absolute Gasteiger partial charge is 0.497 e. The third kappa shape index (κ3) is 4.40. The van der Waals surface area contributed by atoms with Crippen molar-refractivity contribution in [3.05, 3.63) is 66.4 Å². The number of aromatic amines is 1. The maximum Gasteiger partial charge on any atom is 0.228 e. The van der Waals surface area contributed by atoms with Crippen LogP contribution < -0.4 is 15.0 Å². The number of pyridine rings is 1. The first-order chi connectivity index (χ1) is 17.6. The van der Waals surface area contributed by atoms with E-state index in [2.05, 4.69) is 62.7 Å². The number of piperazine rings is 1. The summed E-state index contributed by atoms with van der Waals surface area (Å²) >= 11 is 0.